The molecule has 0 unspecified atom stereocenters. The molecule has 4 nitrogen and oxygen atoms in total. The fraction of sp³-hybridized carbons (Fsp3) is 0.400. The number of aryl methyl sites for hydroxylation is 2. The molecule has 2 aromatic heterocycles. The van der Waals surface area contributed by atoms with Gasteiger partial charge in [-0.05, 0) is 12.8 Å². The summed E-state index contributed by atoms with van der Waals surface area (Å²) in [4.78, 5) is 11.3. The van der Waals surface area contributed by atoms with Gasteiger partial charge in [0.2, 0.25) is 0 Å². The lowest BCUT2D eigenvalue weighted by Gasteiger charge is -2.00. The lowest BCUT2D eigenvalue weighted by atomic mass is 10.3. The Kier molecular flexibility index (Phi) is 3.45. The Morgan fingerprint density at radius 2 is 2.47 bits per heavy atom. The predicted molar refractivity (Wildman–Crippen MR) is 60.8 cm³/mol. The van der Waals surface area contributed by atoms with Gasteiger partial charge in [0.25, 0.3) is 0 Å². The molecule has 0 radical (unpaired) electrons. The Balaban J connectivity index is 1.70. The van der Waals surface area contributed by atoms with E-state index < -0.39 is 0 Å². The van der Waals surface area contributed by atoms with E-state index in [2.05, 4.69) is 15.0 Å². The minimum absolute atomic E-state index is 1.05. The number of aromatic amines is 1. The van der Waals surface area contributed by atoms with Crippen molar-refractivity contribution < 1.29 is 0 Å². The molecule has 0 bridgehead atoms. The Hall–Kier alpha value is -1.23. The van der Waals surface area contributed by atoms with Crippen LogP contribution >= 0.6 is 11.8 Å². The molecule has 0 spiro atoms. The summed E-state index contributed by atoms with van der Waals surface area (Å²) in [5, 5.41) is 1.08. The quantitative estimate of drug-likeness (QED) is 0.620. The number of thioether (sulfide) groups is 1. The molecule has 2 rings (SSSR count). The Morgan fingerprint density at radius 1 is 1.53 bits per heavy atom. The van der Waals surface area contributed by atoms with E-state index in [-0.39, 0.29) is 0 Å². The van der Waals surface area contributed by atoms with Crippen LogP contribution in [0, 0.1) is 0 Å². The fourth-order valence-electron chi connectivity index (χ4n) is 1.34. The first-order valence-electron chi connectivity index (χ1n) is 4.93. The maximum Gasteiger partial charge on any atom is 0.167 e. The molecule has 0 amide bonds. The van der Waals surface area contributed by atoms with Crippen LogP contribution in [0.4, 0.5) is 0 Å². The first kappa shape index (κ1) is 10.3. The molecule has 0 aliphatic rings. The largest absolute Gasteiger partial charge is 0.348 e. The molecule has 0 saturated heterocycles. The number of imidazole rings is 2. The highest BCUT2D eigenvalue weighted by molar-refractivity contribution is 7.99. The van der Waals surface area contributed by atoms with E-state index in [1.807, 2.05) is 30.2 Å². The highest BCUT2D eigenvalue weighted by Crippen LogP contribution is 2.16. The van der Waals surface area contributed by atoms with E-state index in [1.165, 1.54) is 5.69 Å². The van der Waals surface area contributed by atoms with Crippen LogP contribution in [-0.4, -0.2) is 25.3 Å². The summed E-state index contributed by atoms with van der Waals surface area (Å²) in [6.07, 6.45) is 9.60. The number of aromatic nitrogens is 4. The van der Waals surface area contributed by atoms with Crippen LogP contribution in [0.15, 0.2) is 30.1 Å². The number of rotatable bonds is 5. The van der Waals surface area contributed by atoms with Crippen LogP contribution in [0.3, 0.4) is 0 Å². The second-order valence-corrected chi connectivity index (χ2v) is 4.41. The van der Waals surface area contributed by atoms with Crippen molar-refractivity contribution in [2.75, 3.05) is 5.75 Å². The van der Waals surface area contributed by atoms with Crippen molar-refractivity contribution >= 4 is 11.8 Å². The average molecular weight is 222 g/mol. The topological polar surface area (TPSA) is 46.5 Å². The smallest absolute Gasteiger partial charge is 0.167 e. The van der Waals surface area contributed by atoms with Gasteiger partial charge in [-0.1, -0.05) is 11.8 Å². The molecule has 80 valence electrons. The highest BCUT2D eigenvalue weighted by Gasteiger charge is 2.00. The summed E-state index contributed by atoms with van der Waals surface area (Å²) < 4.78 is 2.04. The van der Waals surface area contributed by atoms with Crippen molar-refractivity contribution in [3.05, 3.63) is 30.6 Å². The maximum absolute atomic E-state index is 4.26. The van der Waals surface area contributed by atoms with Gasteiger partial charge >= 0.3 is 0 Å². The van der Waals surface area contributed by atoms with Crippen molar-refractivity contribution in [3.8, 4) is 0 Å². The van der Waals surface area contributed by atoms with Crippen LogP contribution in [0.5, 0.6) is 0 Å². The third kappa shape index (κ3) is 2.86. The molecule has 0 fully saturated rings. The Bertz CT molecular complexity index is 393. The van der Waals surface area contributed by atoms with Crippen LogP contribution in [0.2, 0.25) is 0 Å². The molecule has 5 heteroatoms. The molecular weight excluding hydrogens is 208 g/mol. The highest BCUT2D eigenvalue weighted by atomic mass is 32.2. The van der Waals surface area contributed by atoms with Crippen molar-refractivity contribution in [2.45, 2.75) is 18.0 Å². The summed E-state index contributed by atoms with van der Waals surface area (Å²) >= 11 is 1.79. The summed E-state index contributed by atoms with van der Waals surface area (Å²) in [6, 6.07) is 0. The van der Waals surface area contributed by atoms with E-state index in [1.54, 1.807) is 18.1 Å². The zero-order chi connectivity index (χ0) is 10.5. The molecule has 1 N–H and O–H groups in total. The fourth-order valence-corrected chi connectivity index (χ4v) is 2.21. The Labute approximate surface area is 93.1 Å². The second kappa shape index (κ2) is 5.02. The standard InChI is InChI=1S/C10H14N4S/c1-14-5-4-12-10(14)15-6-2-3-9-7-11-8-13-9/h4-5,7-8H,2-3,6H2,1H3,(H,11,13). The van der Waals surface area contributed by atoms with Crippen LogP contribution < -0.4 is 0 Å². The first-order chi connectivity index (χ1) is 7.36. The van der Waals surface area contributed by atoms with E-state index in [0.717, 1.165) is 23.8 Å². The monoisotopic (exact) mass is 222 g/mol. The average Bonchev–Trinajstić information content (AvgIpc) is 2.85. The number of hydrogen-bond donors (Lipinski definition) is 1. The summed E-state index contributed by atoms with van der Waals surface area (Å²) in [6.45, 7) is 0. The van der Waals surface area contributed by atoms with Gasteiger partial charge in [-0.25, -0.2) is 9.97 Å². The van der Waals surface area contributed by atoms with E-state index in [9.17, 15) is 0 Å². The number of nitrogens with zero attached hydrogens (tertiary/aromatic N) is 3. The lowest BCUT2D eigenvalue weighted by molar-refractivity contribution is 0.787. The van der Waals surface area contributed by atoms with E-state index in [4.69, 9.17) is 0 Å². The summed E-state index contributed by atoms with van der Waals surface area (Å²) in [7, 11) is 2.02. The molecule has 0 aliphatic carbocycles. The molecule has 2 heterocycles. The summed E-state index contributed by atoms with van der Waals surface area (Å²) in [5.74, 6) is 1.09. The van der Waals surface area contributed by atoms with Gasteiger partial charge in [-0.15, -0.1) is 0 Å². The molecule has 0 saturated carbocycles. The third-order valence-corrected chi connectivity index (χ3v) is 3.30. The first-order valence-corrected chi connectivity index (χ1v) is 5.92. The zero-order valence-corrected chi connectivity index (χ0v) is 9.50. The van der Waals surface area contributed by atoms with Crippen molar-refractivity contribution in [2.24, 2.45) is 7.05 Å². The Morgan fingerprint density at radius 3 is 3.13 bits per heavy atom. The normalized spacial score (nSPS) is 10.7. The van der Waals surface area contributed by atoms with Gasteiger partial charge in [-0.2, -0.15) is 0 Å². The van der Waals surface area contributed by atoms with E-state index >= 15 is 0 Å². The minimum atomic E-state index is 1.05. The van der Waals surface area contributed by atoms with Crippen molar-refractivity contribution in [1.29, 1.82) is 0 Å². The second-order valence-electron chi connectivity index (χ2n) is 3.35. The summed E-state index contributed by atoms with van der Waals surface area (Å²) in [5.41, 5.74) is 1.20. The van der Waals surface area contributed by atoms with Gasteiger partial charge in [0.05, 0.1) is 6.33 Å². The molecule has 2 aromatic rings. The third-order valence-electron chi connectivity index (χ3n) is 2.15. The number of hydrogen-bond acceptors (Lipinski definition) is 3. The van der Waals surface area contributed by atoms with Gasteiger partial charge in [0.1, 0.15) is 0 Å². The van der Waals surface area contributed by atoms with Gasteiger partial charge in [-0.3, -0.25) is 0 Å². The number of nitrogens with one attached hydrogen (secondary N) is 1. The van der Waals surface area contributed by atoms with E-state index in [0.29, 0.717) is 0 Å². The van der Waals surface area contributed by atoms with Crippen LogP contribution in [0.1, 0.15) is 12.1 Å². The SMILES string of the molecule is Cn1ccnc1SCCCc1cnc[nH]1. The van der Waals surface area contributed by atoms with Gasteiger partial charge in [0.15, 0.2) is 5.16 Å². The predicted octanol–water partition coefficient (Wildman–Crippen LogP) is 1.87. The van der Waals surface area contributed by atoms with Crippen molar-refractivity contribution in [1.82, 2.24) is 19.5 Å². The molecule has 0 aromatic carbocycles. The van der Waals surface area contributed by atoms with Crippen molar-refractivity contribution in [3.63, 3.8) is 0 Å². The molecule has 15 heavy (non-hydrogen) atoms. The molecule has 0 atom stereocenters. The minimum Gasteiger partial charge on any atom is -0.348 e. The van der Waals surface area contributed by atoms with Gasteiger partial charge < -0.3 is 9.55 Å². The van der Waals surface area contributed by atoms with Gasteiger partial charge in [0, 0.05) is 37.1 Å². The number of H-pyrrole nitrogens is 1. The lowest BCUT2D eigenvalue weighted by Crippen LogP contribution is -1.92. The molecule has 0 aliphatic heterocycles. The zero-order valence-electron chi connectivity index (χ0n) is 8.68. The van der Waals surface area contributed by atoms with Crippen LogP contribution in [0.25, 0.3) is 0 Å². The maximum atomic E-state index is 4.26. The molecular formula is C10H14N4S. The van der Waals surface area contributed by atoms with Crippen LogP contribution in [-0.2, 0) is 13.5 Å².